The molecule has 7 nitrogen and oxygen atoms in total. The van der Waals surface area contributed by atoms with Crippen molar-refractivity contribution >= 4 is 5.97 Å². The first-order valence-electron chi connectivity index (χ1n) is 14.4. The van der Waals surface area contributed by atoms with Gasteiger partial charge < -0.3 is 30.3 Å². The summed E-state index contributed by atoms with van der Waals surface area (Å²) in [4.78, 5) is 13.1. The van der Waals surface area contributed by atoms with Crippen LogP contribution >= 0.6 is 0 Å². The zero-order chi connectivity index (χ0) is 27.4. The van der Waals surface area contributed by atoms with Crippen molar-refractivity contribution in [3.05, 3.63) is 23.3 Å². The second-order valence-corrected chi connectivity index (χ2v) is 12.9. The summed E-state index contributed by atoms with van der Waals surface area (Å²) in [5, 5.41) is 56.5. The Morgan fingerprint density at radius 2 is 1.68 bits per heavy atom. The quantitative estimate of drug-likeness (QED) is 0.170. The maximum Gasteiger partial charge on any atom is 0.306 e. The molecule has 4 aliphatic rings. The van der Waals surface area contributed by atoms with Crippen LogP contribution in [0.25, 0.3) is 0 Å². The van der Waals surface area contributed by atoms with Gasteiger partial charge in [-0.1, -0.05) is 78.4 Å². The maximum atomic E-state index is 13.1. The van der Waals surface area contributed by atoms with E-state index in [1.807, 2.05) is 20.8 Å². The highest BCUT2D eigenvalue weighted by atomic mass is 16.6. The average Bonchev–Trinajstić information content (AvgIpc) is 3.26. The normalized spacial score (nSPS) is 43.6. The number of hydrogen-bond donors (Lipinski definition) is 5. The minimum atomic E-state index is -2.11. The number of aliphatic hydroxyl groups excluding tert-OH is 4. The summed E-state index contributed by atoms with van der Waals surface area (Å²) in [6, 6.07) is 0. The third kappa shape index (κ3) is 3.98. The fraction of sp³-hybridized carbons (Fsp3) is 0.833. The molecule has 9 atom stereocenters. The molecule has 37 heavy (non-hydrogen) atoms. The van der Waals surface area contributed by atoms with Crippen LogP contribution in [0.5, 0.6) is 0 Å². The van der Waals surface area contributed by atoms with E-state index in [0.717, 1.165) is 19.3 Å². The SMILES string of the molecule is CCCCCCCCCC(=O)O[C@@]12C[C@@H](C)[C@]34C=C(C)[C@H](O)[C@@]3(O)[C@H](O)C(CO)=C[C@H](C4O)[C@@H]1C2(C)C. The lowest BCUT2D eigenvalue weighted by Crippen LogP contribution is -2.66. The number of carbonyl (C=O) groups is 1. The Morgan fingerprint density at radius 1 is 1.05 bits per heavy atom. The van der Waals surface area contributed by atoms with Crippen LogP contribution in [0.4, 0.5) is 0 Å². The van der Waals surface area contributed by atoms with Crippen LogP contribution in [0.1, 0.15) is 92.4 Å². The number of hydrogen-bond acceptors (Lipinski definition) is 7. The van der Waals surface area contributed by atoms with Crippen molar-refractivity contribution < 1.29 is 35.1 Å². The predicted octanol–water partition coefficient (Wildman–Crippen LogP) is 3.41. The first-order chi connectivity index (χ1) is 17.4. The van der Waals surface area contributed by atoms with Gasteiger partial charge in [-0.2, -0.15) is 0 Å². The zero-order valence-electron chi connectivity index (χ0n) is 23.2. The summed E-state index contributed by atoms with van der Waals surface area (Å²) in [7, 11) is 0. The van der Waals surface area contributed by atoms with Crippen molar-refractivity contribution in [2.75, 3.05) is 6.61 Å². The summed E-state index contributed by atoms with van der Waals surface area (Å²) in [6.45, 7) is 9.35. The Kier molecular flexibility index (Phi) is 7.81. The van der Waals surface area contributed by atoms with Crippen molar-refractivity contribution in [3.63, 3.8) is 0 Å². The van der Waals surface area contributed by atoms with E-state index in [1.165, 1.54) is 25.7 Å². The van der Waals surface area contributed by atoms with E-state index in [2.05, 4.69) is 6.92 Å². The molecule has 0 amide bonds. The van der Waals surface area contributed by atoms with Crippen LogP contribution < -0.4 is 0 Å². The highest BCUT2D eigenvalue weighted by Crippen LogP contribution is 2.76. The van der Waals surface area contributed by atoms with E-state index in [1.54, 1.807) is 19.1 Å². The molecule has 0 heterocycles. The molecule has 1 spiro atoms. The average molecular weight is 521 g/mol. The number of rotatable bonds is 10. The van der Waals surface area contributed by atoms with Gasteiger partial charge in [-0.25, -0.2) is 0 Å². The molecule has 0 aromatic rings. The van der Waals surface area contributed by atoms with E-state index < -0.39 is 58.8 Å². The smallest absolute Gasteiger partial charge is 0.306 e. The van der Waals surface area contributed by atoms with Crippen LogP contribution in [0, 0.1) is 28.6 Å². The molecule has 0 aliphatic heterocycles. The number of fused-ring (bicyclic) bond motifs is 3. The van der Waals surface area contributed by atoms with E-state index in [0.29, 0.717) is 18.4 Å². The molecule has 4 aliphatic carbocycles. The Hall–Kier alpha value is -1.25. The van der Waals surface area contributed by atoms with Crippen LogP contribution in [-0.2, 0) is 9.53 Å². The number of esters is 1. The van der Waals surface area contributed by atoms with Gasteiger partial charge in [0.05, 0.1) is 18.1 Å². The fourth-order valence-electron chi connectivity index (χ4n) is 8.52. The number of ether oxygens (including phenoxy) is 1. The van der Waals surface area contributed by atoms with Crippen molar-refractivity contribution in [3.8, 4) is 0 Å². The molecule has 0 aromatic carbocycles. The standard InChI is InChI=1S/C30H48O7/c1-6-7-8-9-10-11-12-13-22(32)37-29-16-19(3)28-15-18(2)24(33)30(28,36)25(34)20(17-31)14-21(26(28)35)23(29)27(29,4)5/h14-15,19,21,23-26,31,33-36H,6-13,16-17H2,1-5H3/t19-,21+,23-,24+,25-,26?,28+,29+,30-/m1/s1. The fourth-order valence-corrected chi connectivity index (χ4v) is 8.52. The van der Waals surface area contributed by atoms with Gasteiger partial charge in [-0.05, 0) is 36.8 Å². The zero-order valence-corrected chi connectivity index (χ0v) is 23.2. The molecule has 7 heteroatoms. The first kappa shape index (κ1) is 28.8. The second-order valence-electron chi connectivity index (χ2n) is 12.9. The number of unbranched alkanes of at least 4 members (excludes halogenated alkanes) is 6. The summed E-state index contributed by atoms with van der Waals surface area (Å²) in [6.07, 6.45) is 7.83. The minimum Gasteiger partial charge on any atom is -0.458 e. The lowest BCUT2D eigenvalue weighted by Gasteiger charge is -2.51. The van der Waals surface area contributed by atoms with E-state index in [4.69, 9.17) is 4.74 Å². The monoisotopic (exact) mass is 520 g/mol. The largest absolute Gasteiger partial charge is 0.458 e. The summed E-state index contributed by atoms with van der Waals surface area (Å²) >= 11 is 0. The van der Waals surface area contributed by atoms with Gasteiger partial charge in [-0.15, -0.1) is 0 Å². The molecular weight excluding hydrogens is 472 g/mol. The van der Waals surface area contributed by atoms with E-state index >= 15 is 0 Å². The van der Waals surface area contributed by atoms with E-state index in [9.17, 15) is 30.3 Å². The lowest BCUT2D eigenvalue weighted by molar-refractivity contribution is -0.216. The second kappa shape index (κ2) is 10.1. The predicted molar refractivity (Wildman–Crippen MR) is 140 cm³/mol. The van der Waals surface area contributed by atoms with Crippen molar-refractivity contribution in [2.45, 2.75) is 122 Å². The Labute approximate surface area is 221 Å². The summed E-state index contributed by atoms with van der Waals surface area (Å²) in [5.41, 5.74) is -4.10. The van der Waals surface area contributed by atoms with Gasteiger partial charge >= 0.3 is 5.97 Å². The van der Waals surface area contributed by atoms with Crippen molar-refractivity contribution in [1.82, 2.24) is 0 Å². The molecule has 0 radical (unpaired) electrons. The number of aliphatic hydroxyl groups is 5. The van der Waals surface area contributed by atoms with Gasteiger partial charge in [0, 0.05) is 23.7 Å². The van der Waals surface area contributed by atoms with Gasteiger partial charge in [0.15, 0.2) is 0 Å². The molecular formula is C30H48O7. The molecule has 1 unspecified atom stereocenters. The lowest BCUT2D eigenvalue weighted by atomic mass is 9.58. The van der Waals surface area contributed by atoms with Crippen LogP contribution in [0.15, 0.2) is 23.3 Å². The Morgan fingerprint density at radius 3 is 2.30 bits per heavy atom. The Balaban J connectivity index is 1.62. The highest BCUT2D eigenvalue weighted by Gasteiger charge is 2.82. The van der Waals surface area contributed by atoms with Crippen molar-refractivity contribution in [1.29, 1.82) is 0 Å². The van der Waals surface area contributed by atoms with Crippen molar-refractivity contribution in [2.24, 2.45) is 28.6 Å². The third-order valence-corrected chi connectivity index (χ3v) is 10.6. The van der Waals surface area contributed by atoms with E-state index in [-0.39, 0.29) is 17.5 Å². The Bertz CT molecular complexity index is 940. The molecule has 2 bridgehead atoms. The first-order valence-corrected chi connectivity index (χ1v) is 14.4. The van der Waals surface area contributed by atoms with Crippen LogP contribution in [0.3, 0.4) is 0 Å². The van der Waals surface area contributed by atoms with Gasteiger partial charge in [-0.3, -0.25) is 4.79 Å². The molecule has 0 saturated heterocycles. The third-order valence-electron chi connectivity index (χ3n) is 10.6. The topological polar surface area (TPSA) is 127 Å². The summed E-state index contributed by atoms with van der Waals surface area (Å²) in [5.74, 6) is -1.50. The molecule has 2 fully saturated rings. The van der Waals surface area contributed by atoms with Gasteiger partial charge in [0.2, 0.25) is 0 Å². The van der Waals surface area contributed by atoms with Crippen LogP contribution in [-0.4, -0.2) is 67.6 Å². The van der Waals surface area contributed by atoms with Gasteiger partial charge in [0.1, 0.15) is 23.4 Å². The van der Waals surface area contributed by atoms with Gasteiger partial charge in [0.25, 0.3) is 0 Å². The summed E-state index contributed by atoms with van der Waals surface area (Å²) < 4.78 is 6.32. The molecule has 4 rings (SSSR count). The minimum absolute atomic E-state index is 0.177. The molecule has 5 N–H and O–H groups in total. The maximum absolute atomic E-state index is 13.1. The number of carbonyl (C=O) groups excluding carboxylic acids is 1. The molecule has 2 saturated carbocycles. The molecule has 0 aromatic heterocycles. The molecule has 210 valence electrons. The van der Waals surface area contributed by atoms with Crippen LogP contribution in [0.2, 0.25) is 0 Å². The highest BCUT2D eigenvalue weighted by molar-refractivity contribution is 5.70.